The van der Waals surface area contributed by atoms with E-state index in [2.05, 4.69) is 29.2 Å². The van der Waals surface area contributed by atoms with Gasteiger partial charge in [0.25, 0.3) is 0 Å². The fraction of sp³-hybridized carbons (Fsp3) is 0.696. The summed E-state index contributed by atoms with van der Waals surface area (Å²) in [6.07, 6.45) is 13.1. The summed E-state index contributed by atoms with van der Waals surface area (Å²) in [7, 11) is 5.48. The zero-order chi connectivity index (χ0) is 20.2. The van der Waals surface area contributed by atoms with Crippen LogP contribution in [-0.4, -0.2) is 49.7 Å². The monoisotopic (exact) mass is 390 g/mol. The first-order valence-electron chi connectivity index (χ1n) is 10.8. The van der Waals surface area contributed by atoms with Crippen molar-refractivity contribution in [1.29, 1.82) is 0 Å². The van der Waals surface area contributed by atoms with Crippen LogP contribution in [0.2, 0.25) is 0 Å². The van der Waals surface area contributed by atoms with E-state index in [1.807, 2.05) is 6.07 Å². The van der Waals surface area contributed by atoms with Gasteiger partial charge in [0.15, 0.2) is 11.5 Å². The Morgan fingerprint density at radius 2 is 1.61 bits per heavy atom. The van der Waals surface area contributed by atoms with E-state index in [1.165, 1.54) is 50.5 Å². The summed E-state index contributed by atoms with van der Waals surface area (Å²) in [5.74, 6) is 1.53. The highest BCUT2D eigenvalue weighted by Crippen LogP contribution is 2.28. The number of nitrogens with zero attached hydrogens (tertiary/aromatic N) is 2. The SMILES string of the molecule is COc1ccc(CCN(C)C2CCCCCCCCCCC2=NO)cc1OC. The minimum absolute atomic E-state index is 0.226. The van der Waals surface area contributed by atoms with Gasteiger partial charge in [0.2, 0.25) is 0 Å². The molecule has 0 aromatic heterocycles. The van der Waals surface area contributed by atoms with Gasteiger partial charge in [-0.3, -0.25) is 4.90 Å². The van der Waals surface area contributed by atoms with Gasteiger partial charge in [0, 0.05) is 6.54 Å². The minimum Gasteiger partial charge on any atom is -0.493 e. The topological polar surface area (TPSA) is 54.3 Å². The third kappa shape index (κ3) is 7.01. The number of benzene rings is 1. The van der Waals surface area contributed by atoms with Gasteiger partial charge in [-0.2, -0.15) is 0 Å². The molecule has 0 radical (unpaired) electrons. The first kappa shape index (κ1) is 22.5. The van der Waals surface area contributed by atoms with E-state index in [0.717, 1.165) is 49.4 Å². The molecular formula is C23H38N2O3. The maximum Gasteiger partial charge on any atom is 0.160 e. The van der Waals surface area contributed by atoms with E-state index in [1.54, 1.807) is 14.2 Å². The smallest absolute Gasteiger partial charge is 0.160 e. The third-order valence-corrected chi connectivity index (χ3v) is 5.91. The molecule has 1 aliphatic rings. The maximum absolute atomic E-state index is 9.66. The van der Waals surface area contributed by atoms with Crippen molar-refractivity contribution in [2.45, 2.75) is 76.7 Å². The van der Waals surface area contributed by atoms with Crippen LogP contribution >= 0.6 is 0 Å². The predicted molar refractivity (Wildman–Crippen MR) is 115 cm³/mol. The second-order valence-corrected chi connectivity index (χ2v) is 7.89. The molecule has 0 heterocycles. The summed E-state index contributed by atoms with van der Waals surface area (Å²) in [4.78, 5) is 2.36. The molecule has 28 heavy (non-hydrogen) atoms. The summed E-state index contributed by atoms with van der Waals surface area (Å²) in [6, 6.07) is 6.33. The van der Waals surface area contributed by atoms with Gasteiger partial charge in [-0.15, -0.1) is 0 Å². The fourth-order valence-corrected chi connectivity index (χ4v) is 4.13. The van der Waals surface area contributed by atoms with Crippen molar-refractivity contribution in [3.63, 3.8) is 0 Å². The van der Waals surface area contributed by atoms with Crippen LogP contribution in [0.4, 0.5) is 0 Å². The van der Waals surface area contributed by atoms with E-state index in [0.29, 0.717) is 0 Å². The second kappa shape index (κ2) is 12.7. The molecule has 1 unspecified atom stereocenters. The van der Waals surface area contributed by atoms with Gasteiger partial charge >= 0.3 is 0 Å². The third-order valence-electron chi connectivity index (χ3n) is 5.91. The summed E-state index contributed by atoms with van der Waals surface area (Å²) in [5.41, 5.74) is 2.18. The molecule has 1 saturated carbocycles. The van der Waals surface area contributed by atoms with Crippen LogP contribution < -0.4 is 9.47 Å². The van der Waals surface area contributed by atoms with Crippen LogP contribution in [-0.2, 0) is 6.42 Å². The summed E-state index contributed by atoms with van der Waals surface area (Å²) < 4.78 is 10.8. The number of hydrogen-bond donors (Lipinski definition) is 1. The minimum atomic E-state index is 0.226. The number of ether oxygens (including phenoxy) is 2. The second-order valence-electron chi connectivity index (χ2n) is 7.89. The molecule has 0 saturated heterocycles. The molecule has 1 N–H and O–H groups in total. The molecule has 1 aromatic rings. The van der Waals surface area contributed by atoms with Crippen LogP contribution in [0.5, 0.6) is 11.5 Å². The number of rotatable bonds is 6. The van der Waals surface area contributed by atoms with Crippen molar-refractivity contribution in [2.24, 2.45) is 5.16 Å². The van der Waals surface area contributed by atoms with E-state index < -0.39 is 0 Å². The molecule has 1 aromatic carbocycles. The van der Waals surface area contributed by atoms with Gasteiger partial charge in [-0.1, -0.05) is 56.2 Å². The zero-order valence-corrected chi connectivity index (χ0v) is 18.0. The number of hydrogen-bond acceptors (Lipinski definition) is 5. The average Bonchev–Trinajstić information content (AvgIpc) is 2.72. The normalized spacial score (nSPS) is 21.1. The molecule has 2 rings (SSSR count). The Morgan fingerprint density at radius 1 is 0.964 bits per heavy atom. The predicted octanol–water partition coefficient (Wildman–Crippen LogP) is 5.29. The van der Waals surface area contributed by atoms with Crippen molar-refractivity contribution in [3.05, 3.63) is 23.8 Å². The quantitative estimate of drug-likeness (QED) is 0.529. The molecule has 1 fully saturated rings. The lowest BCUT2D eigenvalue weighted by atomic mass is 9.95. The zero-order valence-electron chi connectivity index (χ0n) is 18.0. The molecule has 158 valence electrons. The summed E-state index contributed by atoms with van der Waals surface area (Å²) >= 11 is 0. The Bertz CT molecular complexity index is 604. The maximum atomic E-state index is 9.66. The highest BCUT2D eigenvalue weighted by molar-refractivity contribution is 5.89. The first-order valence-corrected chi connectivity index (χ1v) is 10.8. The molecule has 5 heteroatoms. The van der Waals surface area contributed by atoms with Crippen molar-refractivity contribution in [1.82, 2.24) is 4.90 Å². The number of methoxy groups -OCH3 is 2. The van der Waals surface area contributed by atoms with Gasteiger partial charge < -0.3 is 14.7 Å². The van der Waals surface area contributed by atoms with Crippen molar-refractivity contribution in [2.75, 3.05) is 27.8 Å². The van der Waals surface area contributed by atoms with Crippen LogP contribution in [0, 0.1) is 0 Å². The molecule has 0 spiro atoms. The standard InChI is InChI=1S/C23H38N2O3/c1-25(17-16-19-14-15-22(27-2)23(18-19)28-3)21-13-11-9-7-5-4-6-8-10-12-20(21)24-26/h14-15,18,21,26H,4-13,16-17H2,1-3H3. The molecule has 5 nitrogen and oxygen atoms in total. The Labute approximate surface area is 170 Å². The molecule has 1 aliphatic carbocycles. The van der Waals surface area contributed by atoms with Crippen LogP contribution in [0.3, 0.4) is 0 Å². The molecule has 0 amide bonds. The van der Waals surface area contributed by atoms with Gasteiger partial charge in [-0.05, 0) is 50.4 Å². The van der Waals surface area contributed by atoms with Gasteiger partial charge in [0.05, 0.1) is 26.0 Å². The van der Waals surface area contributed by atoms with E-state index in [4.69, 9.17) is 9.47 Å². The largest absolute Gasteiger partial charge is 0.493 e. The van der Waals surface area contributed by atoms with Crippen molar-refractivity contribution >= 4 is 5.71 Å². The Morgan fingerprint density at radius 3 is 2.25 bits per heavy atom. The molecular weight excluding hydrogens is 352 g/mol. The van der Waals surface area contributed by atoms with E-state index in [9.17, 15) is 5.21 Å². The Kier molecular flexibility index (Phi) is 10.2. The first-order chi connectivity index (χ1) is 13.7. The molecule has 1 atom stereocenters. The van der Waals surface area contributed by atoms with Gasteiger partial charge in [-0.25, -0.2) is 0 Å². The van der Waals surface area contributed by atoms with Crippen molar-refractivity contribution < 1.29 is 14.7 Å². The number of oxime groups is 1. The Balaban J connectivity index is 2.00. The lowest BCUT2D eigenvalue weighted by Gasteiger charge is -2.29. The summed E-state index contributed by atoms with van der Waals surface area (Å²) in [5, 5.41) is 13.4. The van der Waals surface area contributed by atoms with Crippen LogP contribution in [0.25, 0.3) is 0 Å². The van der Waals surface area contributed by atoms with E-state index in [-0.39, 0.29) is 6.04 Å². The van der Waals surface area contributed by atoms with E-state index >= 15 is 0 Å². The molecule has 0 aliphatic heterocycles. The average molecular weight is 391 g/mol. The lowest BCUT2D eigenvalue weighted by molar-refractivity contribution is 0.262. The number of likely N-dealkylation sites (N-methyl/N-ethyl adjacent to an activating group) is 1. The fourth-order valence-electron chi connectivity index (χ4n) is 4.13. The van der Waals surface area contributed by atoms with Crippen LogP contribution in [0.1, 0.15) is 69.8 Å². The highest BCUT2D eigenvalue weighted by atomic mass is 16.5. The Hall–Kier alpha value is -1.75. The summed E-state index contributed by atoms with van der Waals surface area (Å²) in [6.45, 7) is 0.916. The van der Waals surface area contributed by atoms with Gasteiger partial charge in [0.1, 0.15) is 0 Å². The lowest BCUT2D eigenvalue weighted by Crippen LogP contribution is -2.40. The molecule has 0 bridgehead atoms. The van der Waals surface area contributed by atoms with Crippen LogP contribution in [0.15, 0.2) is 23.4 Å². The van der Waals surface area contributed by atoms with Crippen molar-refractivity contribution in [3.8, 4) is 11.5 Å². The highest BCUT2D eigenvalue weighted by Gasteiger charge is 2.21.